The van der Waals surface area contributed by atoms with E-state index >= 15 is 0 Å². The maximum atomic E-state index is 5.00. The Morgan fingerprint density at radius 1 is 0.424 bits per heavy atom. The lowest BCUT2D eigenvalue weighted by atomic mass is 9.97. The van der Waals surface area contributed by atoms with Crippen molar-refractivity contribution in [2.24, 2.45) is 0 Å². The molecule has 6 aromatic carbocycles. The highest BCUT2D eigenvalue weighted by Gasteiger charge is 2.03. The van der Waals surface area contributed by atoms with Crippen molar-refractivity contribution in [2.75, 3.05) is 0 Å². The van der Waals surface area contributed by atoms with E-state index in [-0.39, 0.29) is 0 Å². The van der Waals surface area contributed by atoms with Crippen LogP contribution in [0.2, 0.25) is 0 Å². The van der Waals surface area contributed by atoms with Crippen molar-refractivity contribution in [2.45, 2.75) is 0 Å². The molecule has 0 radical (unpaired) electrons. The first-order valence-corrected chi connectivity index (χ1v) is 10.9. The molecule has 0 fully saturated rings. The fourth-order valence-electron chi connectivity index (χ4n) is 4.27. The number of benzene rings is 6. The van der Waals surface area contributed by atoms with Crippen LogP contribution < -0.4 is 0 Å². The molecule has 0 aliphatic rings. The van der Waals surface area contributed by atoms with Crippen LogP contribution in [0.25, 0.3) is 54.5 Å². The Labute approximate surface area is 190 Å². The molecule has 0 amide bonds. The Balaban J connectivity index is 0.000000158. The van der Waals surface area contributed by atoms with Crippen molar-refractivity contribution in [1.82, 2.24) is 10.2 Å². The van der Waals surface area contributed by atoms with Crippen LogP contribution in [0, 0.1) is 0 Å². The fraction of sp³-hybridized carbons (Fsp3) is 0. The Morgan fingerprint density at radius 3 is 1.21 bits per heavy atom. The summed E-state index contributed by atoms with van der Waals surface area (Å²) in [6, 6.07) is 40.6. The van der Waals surface area contributed by atoms with Crippen LogP contribution in [0.15, 0.2) is 126 Å². The summed E-state index contributed by atoms with van der Waals surface area (Å²) in [7, 11) is 0. The molecule has 1 heterocycles. The third-order valence-corrected chi connectivity index (χ3v) is 5.91. The third-order valence-electron chi connectivity index (χ3n) is 5.91. The molecule has 0 N–H and O–H groups in total. The zero-order chi connectivity index (χ0) is 22.0. The molecule has 0 bridgehead atoms. The van der Waals surface area contributed by atoms with Crippen LogP contribution in [0.3, 0.4) is 0 Å². The molecule has 3 nitrogen and oxygen atoms in total. The molecule has 0 unspecified atom stereocenters. The van der Waals surface area contributed by atoms with Gasteiger partial charge in [-0.2, -0.15) is 0 Å². The van der Waals surface area contributed by atoms with Crippen LogP contribution in [0.1, 0.15) is 0 Å². The lowest BCUT2D eigenvalue weighted by molar-refractivity contribution is 0.568. The Kier molecular flexibility index (Phi) is 4.78. The van der Waals surface area contributed by atoms with Gasteiger partial charge >= 0.3 is 0 Å². The van der Waals surface area contributed by atoms with Crippen molar-refractivity contribution >= 4 is 43.1 Å². The highest BCUT2D eigenvalue weighted by atomic mass is 16.4. The van der Waals surface area contributed by atoms with E-state index in [0.29, 0.717) is 5.89 Å². The molecule has 1 aromatic heterocycles. The van der Waals surface area contributed by atoms with Crippen molar-refractivity contribution in [3.63, 3.8) is 0 Å². The maximum absolute atomic E-state index is 5.00. The predicted molar refractivity (Wildman–Crippen MR) is 136 cm³/mol. The quantitative estimate of drug-likeness (QED) is 0.250. The molecule has 0 saturated carbocycles. The molecule has 7 aromatic rings. The molecule has 0 atom stereocenters. The maximum Gasteiger partial charge on any atom is 0.247 e. The summed E-state index contributed by atoms with van der Waals surface area (Å²) in [6.45, 7) is 0. The van der Waals surface area contributed by atoms with Gasteiger partial charge in [0.2, 0.25) is 12.3 Å². The predicted octanol–water partition coefficient (Wildman–Crippen LogP) is 8.04. The SMILES string of the molecule is c1ccc(-c2nnco2)cc1.c1ccc2cc3cc4cc5ccccc5cc4cc3cc2c1. The van der Waals surface area contributed by atoms with E-state index in [1.165, 1.54) is 49.5 Å². The van der Waals surface area contributed by atoms with Gasteiger partial charge in [-0.25, -0.2) is 0 Å². The number of hydrogen-bond acceptors (Lipinski definition) is 3. The van der Waals surface area contributed by atoms with Crippen LogP contribution in [0.5, 0.6) is 0 Å². The topological polar surface area (TPSA) is 38.9 Å². The molecule has 0 aliphatic carbocycles. The second kappa shape index (κ2) is 8.21. The van der Waals surface area contributed by atoms with Gasteiger partial charge in [-0.3, -0.25) is 0 Å². The van der Waals surface area contributed by atoms with Crippen molar-refractivity contribution in [3.8, 4) is 11.5 Å². The Morgan fingerprint density at radius 2 is 0.818 bits per heavy atom. The zero-order valence-electron chi connectivity index (χ0n) is 17.8. The number of fused-ring (bicyclic) bond motifs is 4. The Bertz CT molecular complexity index is 1520. The van der Waals surface area contributed by atoms with Crippen LogP contribution in [0.4, 0.5) is 0 Å². The van der Waals surface area contributed by atoms with E-state index in [2.05, 4.69) is 95.1 Å². The first-order valence-electron chi connectivity index (χ1n) is 10.9. The number of hydrogen-bond donors (Lipinski definition) is 0. The first kappa shape index (κ1) is 19.2. The summed E-state index contributed by atoms with van der Waals surface area (Å²) in [5.41, 5.74) is 0.949. The van der Waals surface area contributed by atoms with Crippen LogP contribution >= 0.6 is 0 Å². The zero-order valence-corrected chi connectivity index (χ0v) is 17.8. The highest BCUT2D eigenvalue weighted by Crippen LogP contribution is 2.30. The monoisotopic (exact) mass is 424 g/mol. The van der Waals surface area contributed by atoms with Crippen LogP contribution in [-0.2, 0) is 0 Å². The van der Waals surface area contributed by atoms with Gasteiger partial charge in [-0.1, -0.05) is 66.7 Å². The molecule has 7 rings (SSSR count). The van der Waals surface area contributed by atoms with E-state index in [9.17, 15) is 0 Å². The molecule has 0 aliphatic heterocycles. The van der Waals surface area contributed by atoms with Gasteiger partial charge in [0, 0.05) is 5.56 Å². The third kappa shape index (κ3) is 3.81. The average molecular weight is 425 g/mol. The fourth-order valence-corrected chi connectivity index (χ4v) is 4.27. The van der Waals surface area contributed by atoms with Gasteiger partial charge in [0.25, 0.3) is 0 Å². The number of rotatable bonds is 1. The van der Waals surface area contributed by atoms with Crippen molar-refractivity contribution < 1.29 is 4.42 Å². The highest BCUT2D eigenvalue weighted by molar-refractivity contribution is 6.08. The smallest absolute Gasteiger partial charge is 0.247 e. The summed E-state index contributed by atoms with van der Waals surface area (Å²) in [4.78, 5) is 0. The standard InChI is InChI=1S/C22H14.C8H6N2O/c1-2-6-16-10-20-14-22-12-18-8-4-3-7-17(18)11-21(22)13-19(20)9-15(16)5-1;1-2-4-7(5-3-1)8-10-9-6-11-8/h1-14H;1-6H. The summed E-state index contributed by atoms with van der Waals surface area (Å²) in [6.07, 6.45) is 1.32. The van der Waals surface area contributed by atoms with Crippen LogP contribution in [-0.4, -0.2) is 10.2 Å². The molecular formula is C30H20N2O. The van der Waals surface area contributed by atoms with Gasteiger partial charge < -0.3 is 4.42 Å². The Hall–Kier alpha value is -4.50. The van der Waals surface area contributed by atoms with E-state index in [1.54, 1.807) is 0 Å². The van der Waals surface area contributed by atoms with E-state index in [4.69, 9.17) is 4.42 Å². The second-order valence-electron chi connectivity index (χ2n) is 8.06. The lowest BCUT2D eigenvalue weighted by Gasteiger charge is -2.07. The molecule has 33 heavy (non-hydrogen) atoms. The summed E-state index contributed by atoms with van der Waals surface area (Å²) in [5, 5.41) is 17.8. The van der Waals surface area contributed by atoms with Gasteiger partial charge in [-0.15, -0.1) is 10.2 Å². The minimum absolute atomic E-state index is 0.561. The first-order chi connectivity index (χ1) is 16.3. The van der Waals surface area contributed by atoms with Crippen molar-refractivity contribution in [1.29, 1.82) is 0 Å². The largest absolute Gasteiger partial charge is 0.423 e. The van der Waals surface area contributed by atoms with E-state index in [0.717, 1.165) is 5.56 Å². The second-order valence-corrected chi connectivity index (χ2v) is 8.06. The summed E-state index contributed by atoms with van der Waals surface area (Å²) >= 11 is 0. The minimum atomic E-state index is 0.561. The van der Waals surface area contributed by atoms with Gasteiger partial charge in [0.15, 0.2) is 0 Å². The normalized spacial score (nSPS) is 11.0. The van der Waals surface area contributed by atoms with Gasteiger partial charge in [0.1, 0.15) is 0 Å². The molecule has 156 valence electrons. The average Bonchev–Trinajstić information content (AvgIpc) is 3.41. The van der Waals surface area contributed by atoms with E-state index in [1.807, 2.05) is 30.3 Å². The van der Waals surface area contributed by atoms with E-state index < -0.39 is 0 Å². The summed E-state index contributed by atoms with van der Waals surface area (Å²) < 4.78 is 5.00. The molecule has 0 saturated heterocycles. The van der Waals surface area contributed by atoms with Gasteiger partial charge in [0.05, 0.1) is 0 Å². The lowest BCUT2D eigenvalue weighted by Crippen LogP contribution is -1.80. The molecule has 0 spiro atoms. The van der Waals surface area contributed by atoms with Crippen molar-refractivity contribution in [3.05, 3.63) is 122 Å². The number of aromatic nitrogens is 2. The molecule has 3 heteroatoms. The number of nitrogens with zero attached hydrogens (tertiary/aromatic N) is 2. The van der Waals surface area contributed by atoms with Gasteiger partial charge in [-0.05, 0) is 91.6 Å². The minimum Gasteiger partial charge on any atom is -0.423 e. The summed E-state index contributed by atoms with van der Waals surface area (Å²) in [5.74, 6) is 0.561. The molecular weight excluding hydrogens is 404 g/mol.